The van der Waals surface area contributed by atoms with Crippen LogP contribution in [-0.2, 0) is 22.6 Å². The normalized spacial score (nSPS) is 28.6. The van der Waals surface area contributed by atoms with Gasteiger partial charge < -0.3 is 14.5 Å². The van der Waals surface area contributed by atoms with E-state index in [1.165, 1.54) is 0 Å². The highest BCUT2D eigenvalue weighted by Gasteiger charge is 2.58. The van der Waals surface area contributed by atoms with Crippen LogP contribution in [0.15, 0.2) is 4.52 Å². The van der Waals surface area contributed by atoms with Crippen LogP contribution in [0, 0.1) is 23.2 Å². The van der Waals surface area contributed by atoms with Crippen molar-refractivity contribution >= 4 is 11.9 Å². The van der Waals surface area contributed by atoms with Gasteiger partial charge >= 0.3 is 5.97 Å². The third kappa shape index (κ3) is 3.35. The molecule has 1 aliphatic carbocycles. The molecule has 8 heteroatoms. The van der Waals surface area contributed by atoms with E-state index < -0.39 is 11.4 Å². The number of fused-ring (bicyclic) bond motifs is 1. The number of rotatable bonds is 6. The Morgan fingerprint density at radius 1 is 1.30 bits per heavy atom. The van der Waals surface area contributed by atoms with Crippen LogP contribution in [0.1, 0.15) is 44.8 Å². The van der Waals surface area contributed by atoms with Crippen LogP contribution in [-0.4, -0.2) is 63.1 Å². The number of carboxylic acid groups (broad SMARTS) is 1. The van der Waals surface area contributed by atoms with Crippen molar-refractivity contribution in [3.05, 3.63) is 11.7 Å². The highest BCUT2D eigenvalue weighted by molar-refractivity contribution is 5.83. The Labute approximate surface area is 158 Å². The first kappa shape index (κ1) is 18.4. The number of carbonyl (C=O) groups excluding carboxylic acids is 1. The average molecular weight is 376 g/mol. The molecule has 0 bridgehead atoms. The minimum atomic E-state index is -0.871. The lowest BCUT2D eigenvalue weighted by atomic mass is 9.81. The van der Waals surface area contributed by atoms with E-state index in [0.29, 0.717) is 50.4 Å². The first-order chi connectivity index (χ1) is 12.9. The molecule has 3 aliphatic rings. The predicted molar refractivity (Wildman–Crippen MR) is 95.6 cm³/mol. The molecule has 1 saturated carbocycles. The van der Waals surface area contributed by atoms with Gasteiger partial charge in [-0.25, -0.2) is 0 Å². The highest BCUT2D eigenvalue weighted by Crippen LogP contribution is 2.44. The summed E-state index contributed by atoms with van der Waals surface area (Å²) in [5, 5.41) is 14.0. The van der Waals surface area contributed by atoms with Crippen LogP contribution in [0.2, 0.25) is 0 Å². The van der Waals surface area contributed by atoms with Crippen molar-refractivity contribution in [1.29, 1.82) is 0 Å². The van der Waals surface area contributed by atoms with Gasteiger partial charge in [0.25, 0.3) is 0 Å². The van der Waals surface area contributed by atoms with E-state index in [1.54, 1.807) is 4.90 Å². The van der Waals surface area contributed by atoms with Crippen molar-refractivity contribution in [2.24, 2.45) is 23.2 Å². The van der Waals surface area contributed by atoms with Gasteiger partial charge in [-0.3, -0.25) is 14.5 Å². The van der Waals surface area contributed by atoms with Crippen molar-refractivity contribution in [3.8, 4) is 0 Å². The second kappa shape index (κ2) is 6.89. The summed E-state index contributed by atoms with van der Waals surface area (Å²) < 4.78 is 5.29. The van der Waals surface area contributed by atoms with E-state index in [2.05, 4.69) is 28.9 Å². The van der Waals surface area contributed by atoms with E-state index in [0.717, 1.165) is 25.7 Å². The third-order valence-electron chi connectivity index (χ3n) is 6.33. The van der Waals surface area contributed by atoms with Crippen LogP contribution in [0.5, 0.6) is 0 Å². The van der Waals surface area contributed by atoms with Crippen molar-refractivity contribution in [2.75, 3.05) is 26.2 Å². The standard InChI is InChI=1S/C19H28N4O4/c1-12(2)6-16-20-15(21-27-16)9-22-7-14-8-23(17(24)13-4-3-5-13)11-19(14,10-22)18(25)26/h12-14H,3-11H2,1-2H3,(H,25,26)/t14-,19-/m0/s1. The maximum Gasteiger partial charge on any atom is 0.313 e. The molecule has 2 aliphatic heterocycles. The average Bonchev–Trinajstić information content (AvgIpc) is 3.18. The molecule has 3 heterocycles. The summed E-state index contributed by atoms with van der Waals surface area (Å²) in [6.07, 6.45) is 3.74. The molecule has 2 saturated heterocycles. The molecule has 3 fully saturated rings. The Hall–Kier alpha value is -1.96. The number of carboxylic acids is 1. The lowest BCUT2D eigenvalue weighted by Crippen LogP contribution is -2.44. The quantitative estimate of drug-likeness (QED) is 0.801. The molecule has 1 aromatic rings. The number of likely N-dealkylation sites (tertiary alicyclic amines) is 2. The fourth-order valence-corrected chi connectivity index (χ4v) is 4.66. The number of aromatic nitrogens is 2. The first-order valence-electron chi connectivity index (χ1n) is 9.93. The summed E-state index contributed by atoms with van der Waals surface area (Å²) in [4.78, 5) is 33.0. The van der Waals surface area contributed by atoms with Gasteiger partial charge in [-0.1, -0.05) is 25.4 Å². The number of nitrogens with zero attached hydrogens (tertiary/aromatic N) is 4. The van der Waals surface area contributed by atoms with Gasteiger partial charge in [0.2, 0.25) is 11.8 Å². The second-order valence-corrected chi connectivity index (χ2v) is 8.88. The molecular formula is C19H28N4O4. The molecule has 27 heavy (non-hydrogen) atoms. The molecule has 8 nitrogen and oxygen atoms in total. The largest absolute Gasteiger partial charge is 0.481 e. The molecule has 0 radical (unpaired) electrons. The van der Waals surface area contributed by atoms with E-state index in [4.69, 9.17) is 4.52 Å². The van der Waals surface area contributed by atoms with Crippen LogP contribution in [0.25, 0.3) is 0 Å². The minimum Gasteiger partial charge on any atom is -0.481 e. The Balaban J connectivity index is 1.41. The number of aliphatic carboxylic acids is 1. The number of hydrogen-bond donors (Lipinski definition) is 1. The van der Waals surface area contributed by atoms with Gasteiger partial charge in [0.1, 0.15) is 5.41 Å². The fourth-order valence-electron chi connectivity index (χ4n) is 4.66. The zero-order chi connectivity index (χ0) is 19.2. The predicted octanol–water partition coefficient (Wildman–Crippen LogP) is 1.41. The van der Waals surface area contributed by atoms with Crippen LogP contribution >= 0.6 is 0 Å². The maximum absolute atomic E-state index is 12.6. The van der Waals surface area contributed by atoms with E-state index in [1.807, 2.05) is 0 Å². The van der Waals surface area contributed by atoms with Gasteiger partial charge in [0.15, 0.2) is 5.82 Å². The summed E-state index contributed by atoms with van der Waals surface area (Å²) in [7, 11) is 0. The van der Waals surface area contributed by atoms with E-state index in [-0.39, 0.29) is 17.7 Å². The Morgan fingerprint density at radius 3 is 2.67 bits per heavy atom. The summed E-state index contributed by atoms with van der Waals surface area (Å²) in [6, 6.07) is 0. The molecule has 0 spiro atoms. The Kier molecular flexibility index (Phi) is 4.70. The van der Waals surface area contributed by atoms with Gasteiger partial charge in [-0.2, -0.15) is 4.98 Å². The Morgan fingerprint density at radius 2 is 2.07 bits per heavy atom. The van der Waals surface area contributed by atoms with Crippen LogP contribution < -0.4 is 0 Å². The third-order valence-corrected chi connectivity index (χ3v) is 6.33. The zero-order valence-electron chi connectivity index (χ0n) is 16.1. The minimum absolute atomic E-state index is 0.0407. The molecule has 4 rings (SSSR count). The molecule has 0 aromatic carbocycles. The van der Waals surface area contributed by atoms with Gasteiger partial charge in [-0.15, -0.1) is 0 Å². The summed E-state index contributed by atoms with van der Waals surface area (Å²) in [6.45, 7) is 6.62. The van der Waals surface area contributed by atoms with E-state index >= 15 is 0 Å². The van der Waals surface area contributed by atoms with Gasteiger partial charge in [0.05, 0.1) is 6.54 Å². The molecular weight excluding hydrogens is 348 g/mol. The molecule has 148 valence electrons. The summed E-state index contributed by atoms with van der Waals surface area (Å²) >= 11 is 0. The van der Waals surface area contributed by atoms with E-state index in [9.17, 15) is 14.7 Å². The lowest BCUT2D eigenvalue weighted by molar-refractivity contribution is -0.149. The van der Waals surface area contributed by atoms with Crippen molar-refractivity contribution in [2.45, 2.75) is 46.1 Å². The summed E-state index contributed by atoms with van der Waals surface area (Å²) in [5.41, 5.74) is -0.871. The van der Waals surface area contributed by atoms with Gasteiger partial charge in [0, 0.05) is 44.4 Å². The first-order valence-corrected chi connectivity index (χ1v) is 9.93. The number of carbonyl (C=O) groups is 2. The maximum atomic E-state index is 12.6. The Bertz CT molecular complexity index is 729. The van der Waals surface area contributed by atoms with Crippen LogP contribution in [0.3, 0.4) is 0 Å². The van der Waals surface area contributed by atoms with Crippen molar-refractivity contribution < 1.29 is 19.2 Å². The van der Waals surface area contributed by atoms with Crippen LogP contribution in [0.4, 0.5) is 0 Å². The SMILES string of the molecule is CC(C)Cc1nc(CN2C[C@H]3CN(C(=O)C4CCC4)C[C@@]3(C(=O)O)C2)no1. The summed E-state index contributed by atoms with van der Waals surface area (Å²) in [5.74, 6) is 1.11. The fraction of sp³-hybridized carbons (Fsp3) is 0.789. The molecule has 2 atom stereocenters. The molecule has 0 unspecified atom stereocenters. The molecule has 1 amide bonds. The smallest absolute Gasteiger partial charge is 0.313 e. The second-order valence-electron chi connectivity index (χ2n) is 8.88. The monoisotopic (exact) mass is 376 g/mol. The lowest BCUT2D eigenvalue weighted by Gasteiger charge is -2.31. The van der Waals surface area contributed by atoms with Gasteiger partial charge in [-0.05, 0) is 18.8 Å². The van der Waals surface area contributed by atoms with Crippen molar-refractivity contribution in [3.63, 3.8) is 0 Å². The number of amides is 1. The zero-order valence-corrected chi connectivity index (χ0v) is 16.1. The highest BCUT2D eigenvalue weighted by atomic mass is 16.5. The molecule has 1 N–H and O–H groups in total. The van der Waals surface area contributed by atoms with Crippen molar-refractivity contribution in [1.82, 2.24) is 19.9 Å². The topological polar surface area (TPSA) is 99.8 Å². The number of hydrogen-bond acceptors (Lipinski definition) is 6. The molecule has 1 aromatic heterocycles.